The van der Waals surface area contributed by atoms with Gasteiger partial charge in [-0.2, -0.15) is 0 Å². The maximum atomic E-state index is 6.58. The minimum atomic E-state index is 0.276. The van der Waals surface area contributed by atoms with Crippen molar-refractivity contribution in [3.63, 3.8) is 0 Å². The van der Waals surface area contributed by atoms with Crippen LogP contribution in [-0.2, 0) is 6.42 Å². The fourth-order valence-electron chi connectivity index (χ4n) is 4.01. The summed E-state index contributed by atoms with van der Waals surface area (Å²) < 4.78 is 0. The summed E-state index contributed by atoms with van der Waals surface area (Å²) in [5, 5.41) is 2.68. The van der Waals surface area contributed by atoms with Gasteiger partial charge in [0, 0.05) is 6.04 Å². The summed E-state index contributed by atoms with van der Waals surface area (Å²) in [6.45, 7) is 4.77. The van der Waals surface area contributed by atoms with Gasteiger partial charge in [0.1, 0.15) is 0 Å². The maximum absolute atomic E-state index is 6.58. The lowest BCUT2D eigenvalue weighted by Crippen LogP contribution is -2.38. The van der Waals surface area contributed by atoms with E-state index in [-0.39, 0.29) is 6.04 Å². The molecule has 0 bridgehead atoms. The number of benzene rings is 2. The van der Waals surface area contributed by atoms with Crippen LogP contribution in [0.3, 0.4) is 0 Å². The molecule has 2 atom stereocenters. The Morgan fingerprint density at radius 3 is 2.65 bits per heavy atom. The molecule has 0 radical (unpaired) electrons. The van der Waals surface area contributed by atoms with Crippen molar-refractivity contribution in [2.24, 2.45) is 17.1 Å². The molecule has 1 aliphatic carbocycles. The molecule has 2 aromatic rings. The smallest absolute Gasteiger partial charge is 0.0113 e. The molecule has 106 valence electrons. The number of fused-ring (bicyclic) bond motifs is 1. The van der Waals surface area contributed by atoms with Gasteiger partial charge in [0.2, 0.25) is 0 Å². The van der Waals surface area contributed by atoms with Crippen LogP contribution in [0.1, 0.15) is 38.7 Å². The van der Waals surface area contributed by atoms with E-state index in [1.165, 1.54) is 35.6 Å². The second-order valence-corrected chi connectivity index (χ2v) is 6.99. The van der Waals surface area contributed by atoms with E-state index in [1.54, 1.807) is 0 Å². The second-order valence-electron chi connectivity index (χ2n) is 6.99. The molecule has 0 spiro atoms. The van der Waals surface area contributed by atoms with Crippen LogP contribution in [0.5, 0.6) is 0 Å². The van der Waals surface area contributed by atoms with Crippen LogP contribution >= 0.6 is 0 Å². The van der Waals surface area contributed by atoms with E-state index in [4.69, 9.17) is 5.73 Å². The number of nitrogens with two attached hydrogens (primary N) is 1. The molecule has 3 rings (SSSR count). The summed E-state index contributed by atoms with van der Waals surface area (Å²) in [7, 11) is 0. The molecule has 0 heterocycles. The molecular weight excluding hydrogens is 242 g/mol. The molecule has 0 aromatic heterocycles. The Kier molecular flexibility index (Phi) is 3.55. The summed E-state index contributed by atoms with van der Waals surface area (Å²) in [6.07, 6.45) is 4.94. The van der Waals surface area contributed by atoms with Crippen LogP contribution in [-0.4, -0.2) is 6.04 Å². The third-order valence-corrected chi connectivity index (χ3v) is 5.19. The van der Waals surface area contributed by atoms with Gasteiger partial charge >= 0.3 is 0 Å². The minimum Gasteiger partial charge on any atom is -0.327 e. The Bertz CT molecular complexity index is 594. The Hall–Kier alpha value is -1.34. The van der Waals surface area contributed by atoms with Gasteiger partial charge in [-0.05, 0) is 46.9 Å². The van der Waals surface area contributed by atoms with E-state index in [0.717, 1.165) is 6.42 Å². The van der Waals surface area contributed by atoms with Gasteiger partial charge in [-0.25, -0.2) is 0 Å². The van der Waals surface area contributed by atoms with Gasteiger partial charge in [-0.3, -0.25) is 0 Å². The van der Waals surface area contributed by atoms with E-state index in [9.17, 15) is 0 Å². The first kappa shape index (κ1) is 13.6. The van der Waals surface area contributed by atoms with Crippen molar-refractivity contribution in [2.45, 2.75) is 45.6 Å². The maximum Gasteiger partial charge on any atom is 0.0113 e. The Labute approximate surface area is 122 Å². The van der Waals surface area contributed by atoms with Crippen molar-refractivity contribution in [3.8, 4) is 0 Å². The highest BCUT2D eigenvalue weighted by Crippen LogP contribution is 2.44. The van der Waals surface area contributed by atoms with E-state index in [0.29, 0.717) is 11.3 Å². The van der Waals surface area contributed by atoms with Crippen molar-refractivity contribution >= 4 is 10.8 Å². The quantitative estimate of drug-likeness (QED) is 0.868. The third kappa shape index (κ3) is 2.47. The lowest BCUT2D eigenvalue weighted by Gasteiger charge is -2.32. The van der Waals surface area contributed by atoms with Crippen LogP contribution < -0.4 is 5.73 Å². The number of rotatable bonds is 3. The van der Waals surface area contributed by atoms with E-state index in [2.05, 4.69) is 56.3 Å². The SMILES string of the molecule is CC1(C)CCCC1C(N)Cc1cccc2ccccc12. The predicted molar refractivity (Wildman–Crippen MR) is 86.7 cm³/mol. The molecule has 2 aromatic carbocycles. The Balaban J connectivity index is 1.86. The van der Waals surface area contributed by atoms with Gasteiger partial charge in [0.05, 0.1) is 0 Å². The van der Waals surface area contributed by atoms with Crippen LogP contribution in [0.2, 0.25) is 0 Å². The fraction of sp³-hybridized carbons (Fsp3) is 0.474. The molecule has 1 fully saturated rings. The zero-order valence-electron chi connectivity index (χ0n) is 12.6. The Morgan fingerprint density at radius 1 is 1.15 bits per heavy atom. The van der Waals surface area contributed by atoms with Crippen molar-refractivity contribution < 1.29 is 0 Å². The zero-order chi connectivity index (χ0) is 14.2. The highest BCUT2D eigenvalue weighted by atomic mass is 14.7. The van der Waals surface area contributed by atoms with E-state index >= 15 is 0 Å². The fourth-order valence-corrected chi connectivity index (χ4v) is 4.01. The van der Waals surface area contributed by atoms with Gasteiger partial charge < -0.3 is 5.73 Å². The molecule has 1 aliphatic rings. The first-order valence-electron chi connectivity index (χ1n) is 7.80. The molecule has 1 heteroatoms. The molecule has 0 aliphatic heterocycles. The highest BCUT2D eigenvalue weighted by Gasteiger charge is 2.37. The molecular formula is C19H25N. The summed E-state index contributed by atoms with van der Waals surface area (Å²) in [5.41, 5.74) is 8.39. The molecule has 0 amide bonds. The van der Waals surface area contributed by atoms with E-state index < -0.39 is 0 Å². The summed E-state index contributed by atoms with van der Waals surface area (Å²) in [4.78, 5) is 0. The largest absolute Gasteiger partial charge is 0.327 e. The first-order valence-corrected chi connectivity index (χ1v) is 7.80. The minimum absolute atomic E-state index is 0.276. The molecule has 0 saturated heterocycles. The normalized spacial score (nSPS) is 23.1. The topological polar surface area (TPSA) is 26.0 Å². The van der Waals surface area contributed by atoms with Gasteiger partial charge in [-0.1, -0.05) is 62.7 Å². The third-order valence-electron chi connectivity index (χ3n) is 5.19. The van der Waals surface area contributed by atoms with E-state index in [1.807, 2.05) is 0 Å². The predicted octanol–water partition coefficient (Wildman–Crippen LogP) is 4.54. The molecule has 2 unspecified atom stereocenters. The standard InChI is InChI=1S/C19H25N/c1-19(2)12-6-11-17(19)18(20)13-15-9-5-8-14-7-3-4-10-16(14)15/h3-5,7-10,17-18H,6,11-13,20H2,1-2H3. The van der Waals surface area contributed by atoms with Crippen molar-refractivity contribution in [1.82, 2.24) is 0 Å². The molecule has 20 heavy (non-hydrogen) atoms. The second kappa shape index (κ2) is 5.21. The Morgan fingerprint density at radius 2 is 1.90 bits per heavy atom. The van der Waals surface area contributed by atoms with Crippen LogP contribution in [0.4, 0.5) is 0 Å². The van der Waals surface area contributed by atoms with Crippen LogP contribution in [0.15, 0.2) is 42.5 Å². The number of hydrogen-bond acceptors (Lipinski definition) is 1. The van der Waals surface area contributed by atoms with Gasteiger partial charge in [0.25, 0.3) is 0 Å². The van der Waals surface area contributed by atoms with Crippen molar-refractivity contribution in [1.29, 1.82) is 0 Å². The lowest BCUT2D eigenvalue weighted by atomic mass is 9.76. The average molecular weight is 267 g/mol. The molecule has 1 saturated carbocycles. The summed E-state index contributed by atoms with van der Waals surface area (Å²) in [5.74, 6) is 0.654. The first-order chi connectivity index (χ1) is 9.58. The van der Waals surface area contributed by atoms with Crippen LogP contribution in [0, 0.1) is 11.3 Å². The average Bonchev–Trinajstić information content (AvgIpc) is 2.79. The zero-order valence-corrected chi connectivity index (χ0v) is 12.6. The highest BCUT2D eigenvalue weighted by molar-refractivity contribution is 5.85. The van der Waals surface area contributed by atoms with Crippen molar-refractivity contribution in [2.75, 3.05) is 0 Å². The van der Waals surface area contributed by atoms with Crippen molar-refractivity contribution in [3.05, 3.63) is 48.0 Å². The number of hydrogen-bond donors (Lipinski definition) is 1. The van der Waals surface area contributed by atoms with Crippen LogP contribution in [0.25, 0.3) is 10.8 Å². The lowest BCUT2D eigenvalue weighted by molar-refractivity contribution is 0.220. The van der Waals surface area contributed by atoms with Gasteiger partial charge in [-0.15, -0.1) is 0 Å². The molecule has 2 N–H and O–H groups in total. The summed E-state index contributed by atoms with van der Waals surface area (Å²) in [6, 6.07) is 15.5. The monoisotopic (exact) mass is 267 g/mol. The van der Waals surface area contributed by atoms with Gasteiger partial charge in [0.15, 0.2) is 0 Å². The molecule has 1 nitrogen and oxygen atoms in total. The summed E-state index contributed by atoms with van der Waals surface area (Å²) >= 11 is 0.